The lowest BCUT2D eigenvalue weighted by Crippen LogP contribution is -2.21. The number of hydrogen-bond acceptors (Lipinski definition) is 4. The van der Waals surface area contributed by atoms with Gasteiger partial charge in [-0.3, -0.25) is 4.79 Å². The second-order valence-electron chi connectivity index (χ2n) is 3.84. The lowest BCUT2D eigenvalue weighted by molar-refractivity contribution is -0.125. The first kappa shape index (κ1) is 12.6. The molecule has 0 radical (unpaired) electrons. The van der Waals surface area contributed by atoms with Crippen molar-refractivity contribution >= 4 is 5.78 Å². The number of ether oxygens (including phenoxy) is 3. The summed E-state index contributed by atoms with van der Waals surface area (Å²) < 4.78 is 15.2. The van der Waals surface area contributed by atoms with Gasteiger partial charge in [-0.05, 0) is 18.8 Å². The maximum atomic E-state index is 11.5. The maximum absolute atomic E-state index is 11.5. The van der Waals surface area contributed by atoms with E-state index >= 15 is 0 Å². The summed E-state index contributed by atoms with van der Waals surface area (Å²) in [5, 5.41) is 0. The molecule has 0 aromatic carbocycles. The highest BCUT2D eigenvalue weighted by Gasteiger charge is 2.17. The lowest BCUT2D eigenvalue weighted by atomic mass is 9.95. The van der Waals surface area contributed by atoms with Crippen LogP contribution in [-0.4, -0.2) is 45.9 Å². The topological polar surface area (TPSA) is 44.8 Å². The highest BCUT2D eigenvalue weighted by molar-refractivity contribution is 5.79. The predicted molar refractivity (Wildman–Crippen MR) is 55.9 cm³/mol. The number of rotatable bonds is 7. The van der Waals surface area contributed by atoms with Crippen molar-refractivity contribution in [2.45, 2.75) is 19.3 Å². The van der Waals surface area contributed by atoms with Gasteiger partial charge >= 0.3 is 0 Å². The molecule has 0 aromatic rings. The highest BCUT2D eigenvalue weighted by Crippen LogP contribution is 2.18. The van der Waals surface area contributed by atoms with Crippen LogP contribution in [0.3, 0.4) is 0 Å². The van der Waals surface area contributed by atoms with E-state index in [1.807, 2.05) is 0 Å². The molecule has 1 aliphatic heterocycles. The van der Waals surface area contributed by atoms with Crippen molar-refractivity contribution in [2.24, 2.45) is 5.92 Å². The smallest absolute Gasteiger partial charge is 0.158 e. The summed E-state index contributed by atoms with van der Waals surface area (Å²) in [6.45, 7) is 2.85. The average molecular weight is 216 g/mol. The Balaban J connectivity index is 2.01. The predicted octanol–water partition coefficient (Wildman–Crippen LogP) is 1.04. The Morgan fingerprint density at radius 3 is 2.73 bits per heavy atom. The van der Waals surface area contributed by atoms with Gasteiger partial charge in [0.2, 0.25) is 0 Å². The number of carbonyl (C=O) groups excluding carboxylic acids is 1. The van der Waals surface area contributed by atoms with Gasteiger partial charge in [0.15, 0.2) is 5.78 Å². The van der Waals surface area contributed by atoms with Gasteiger partial charge < -0.3 is 14.2 Å². The van der Waals surface area contributed by atoms with Crippen molar-refractivity contribution in [1.82, 2.24) is 0 Å². The Kier molecular flexibility index (Phi) is 6.55. The van der Waals surface area contributed by atoms with E-state index in [1.54, 1.807) is 7.11 Å². The van der Waals surface area contributed by atoms with Gasteiger partial charge in [0.1, 0.15) is 6.61 Å². The van der Waals surface area contributed by atoms with E-state index in [0.717, 1.165) is 26.1 Å². The molecule has 15 heavy (non-hydrogen) atoms. The Morgan fingerprint density at radius 1 is 1.33 bits per heavy atom. The molecule has 0 aliphatic carbocycles. The zero-order chi connectivity index (χ0) is 10.9. The second kappa shape index (κ2) is 7.79. The molecular weight excluding hydrogens is 196 g/mol. The molecule has 0 bridgehead atoms. The molecule has 4 nitrogen and oxygen atoms in total. The molecule has 0 atom stereocenters. The molecular formula is C11H20O4. The molecule has 0 N–H and O–H groups in total. The fourth-order valence-corrected chi connectivity index (χ4v) is 1.66. The van der Waals surface area contributed by atoms with Gasteiger partial charge in [-0.25, -0.2) is 0 Å². The summed E-state index contributed by atoms with van der Waals surface area (Å²) in [5.41, 5.74) is 0. The standard InChI is InChI=1S/C11H20O4/c1-13-6-7-15-9-11(12)8-10-2-4-14-5-3-10/h10H,2-9H2,1H3. The van der Waals surface area contributed by atoms with Crippen LogP contribution in [-0.2, 0) is 19.0 Å². The average Bonchev–Trinajstić information content (AvgIpc) is 2.26. The third-order valence-electron chi connectivity index (χ3n) is 2.55. The number of carbonyl (C=O) groups is 1. The summed E-state index contributed by atoms with van der Waals surface area (Å²) in [5.74, 6) is 0.690. The number of hydrogen-bond donors (Lipinski definition) is 0. The number of methoxy groups -OCH3 is 1. The minimum atomic E-state index is 0.193. The first-order valence-electron chi connectivity index (χ1n) is 5.49. The summed E-state index contributed by atoms with van der Waals surface area (Å²) in [6.07, 6.45) is 2.64. The fourth-order valence-electron chi connectivity index (χ4n) is 1.66. The van der Waals surface area contributed by atoms with Crippen LogP contribution in [0.1, 0.15) is 19.3 Å². The van der Waals surface area contributed by atoms with Crippen LogP contribution in [0.15, 0.2) is 0 Å². The lowest BCUT2D eigenvalue weighted by Gasteiger charge is -2.21. The van der Waals surface area contributed by atoms with Crippen LogP contribution in [0.25, 0.3) is 0 Å². The Bertz CT molecular complexity index is 175. The van der Waals surface area contributed by atoms with Crippen molar-refractivity contribution in [1.29, 1.82) is 0 Å². The molecule has 0 amide bonds. The monoisotopic (exact) mass is 216 g/mol. The van der Waals surface area contributed by atoms with Crippen LogP contribution >= 0.6 is 0 Å². The van der Waals surface area contributed by atoms with Crippen molar-refractivity contribution in [2.75, 3.05) is 40.1 Å². The molecule has 1 heterocycles. The summed E-state index contributed by atoms with van der Waals surface area (Å²) in [6, 6.07) is 0. The summed E-state index contributed by atoms with van der Waals surface area (Å²) in [4.78, 5) is 11.5. The molecule has 0 saturated carbocycles. The normalized spacial score (nSPS) is 17.9. The molecule has 0 aromatic heterocycles. The van der Waals surface area contributed by atoms with Crippen LogP contribution in [0.4, 0.5) is 0 Å². The zero-order valence-electron chi connectivity index (χ0n) is 9.37. The Labute approximate surface area is 90.9 Å². The molecule has 0 unspecified atom stereocenters. The number of ketones is 1. The Hall–Kier alpha value is -0.450. The van der Waals surface area contributed by atoms with E-state index in [1.165, 1.54) is 0 Å². The van der Waals surface area contributed by atoms with Crippen LogP contribution in [0, 0.1) is 5.92 Å². The SMILES string of the molecule is COCCOCC(=O)CC1CCOCC1. The van der Waals surface area contributed by atoms with Gasteiger partial charge in [0.25, 0.3) is 0 Å². The molecule has 1 rings (SSSR count). The zero-order valence-corrected chi connectivity index (χ0v) is 9.37. The van der Waals surface area contributed by atoms with Gasteiger partial charge in [-0.2, -0.15) is 0 Å². The molecule has 1 fully saturated rings. The largest absolute Gasteiger partial charge is 0.382 e. The van der Waals surface area contributed by atoms with E-state index in [0.29, 0.717) is 25.6 Å². The molecule has 88 valence electrons. The quantitative estimate of drug-likeness (QED) is 0.596. The van der Waals surface area contributed by atoms with Crippen LogP contribution in [0.5, 0.6) is 0 Å². The second-order valence-corrected chi connectivity index (χ2v) is 3.84. The van der Waals surface area contributed by atoms with Crippen LogP contribution in [0.2, 0.25) is 0 Å². The molecule has 1 aliphatic rings. The van der Waals surface area contributed by atoms with Gasteiger partial charge in [-0.15, -0.1) is 0 Å². The van der Waals surface area contributed by atoms with Crippen molar-refractivity contribution in [3.8, 4) is 0 Å². The van der Waals surface area contributed by atoms with Gasteiger partial charge in [0.05, 0.1) is 13.2 Å². The number of Topliss-reactive ketones (excluding diaryl/α,β-unsaturated/α-hetero) is 1. The van der Waals surface area contributed by atoms with E-state index < -0.39 is 0 Å². The van der Waals surface area contributed by atoms with Crippen molar-refractivity contribution < 1.29 is 19.0 Å². The minimum Gasteiger partial charge on any atom is -0.382 e. The third-order valence-corrected chi connectivity index (χ3v) is 2.55. The highest BCUT2D eigenvalue weighted by atomic mass is 16.5. The molecule has 4 heteroatoms. The first-order valence-corrected chi connectivity index (χ1v) is 5.49. The summed E-state index contributed by atoms with van der Waals surface area (Å²) >= 11 is 0. The van der Waals surface area contributed by atoms with Crippen LogP contribution < -0.4 is 0 Å². The van der Waals surface area contributed by atoms with E-state index in [9.17, 15) is 4.79 Å². The van der Waals surface area contributed by atoms with Crippen molar-refractivity contribution in [3.05, 3.63) is 0 Å². The fraction of sp³-hybridized carbons (Fsp3) is 0.909. The van der Waals surface area contributed by atoms with Crippen molar-refractivity contribution in [3.63, 3.8) is 0 Å². The van der Waals surface area contributed by atoms with Gasteiger partial charge in [-0.1, -0.05) is 0 Å². The molecule has 0 spiro atoms. The third kappa shape index (κ3) is 5.87. The first-order chi connectivity index (χ1) is 7.33. The van der Waals surface area contributed by atoms with E-state index in [4.69, 9.17) is 14.2 Å². The summed E-state index contributed by atoms with van der Waals surface area (Å²) in [7, 11) is 1.62. The maximum Gasteiger partial charge on any atom is 0.158 e. The van der Waals surface area contributed by atoms with E-state index in [2.05, 4.69) is 0 Å². The molecule has 1 saturated heterocycles. The minimum absolute atomic E-state index is 0.193. The van der Waals surface area contributed by atoms with E-state index in [-0.39, 0.29) is 12.4 Å². The van der Waals surface area contributed by atoms with Gasteiger partial charge in [0, 0.05) is 26.7 Å². The Morgan fingerprint density at radius 2 is 2.07 bits per heavy atom.